The Kier molecular flexibility index (Phi) is 4.75. The van der Waals surface area contributed by atoms with E-state index in [2.05, 4.69) is 5.10 Å². The van der Waals surface area contributed by atoms with Gasteiger partial charge in [-0.3, -0.25) is 4.79 Å². The Balaban J connectivity index is 2.45. The normalized spacial score (nSPS) is 20.8. The quantitative estimate of drug-likeness (QED) is 0.910. The van der Waals surface area contributed by atoms with Gasteiger partial charge in [0.25, 0.3) is 11.6 Å². The summed E-state index contributed by atoms with van der Waals surface area (Å²) < 4.78 is 49.9. The molecule has 1 amide bonds. The summed E-state index contributed by atoms with van der Waals surface area (Å²) in [4.78, 5) is 12.5. The molecule has 0 fully saturated rings. The molecule has 1 N–H and O–H groups in total. The molecule has 0 saturated carbocycles. The van der Waals surface area contributed by atoms with Gasteiger partial charge in [0.05, 0.1) is 14.2 Å². The van der Waals surface area contributed by atoms with Gasteiger partial charge in [0, 0.05) is 17.7 Å². The van der Waals surface area contributed by atoms with Crippen LogP contribution in [0.3, 0.4) is 0 Å². The van der Waals surface area contributed by atoms with Crippen molar-refractivity contribution in [3.05, 3.63) is 23.8 Å². The molecule has 0 aromatic heterocycles. The number of carbonyl (C=O) groups is 1. The van der Waals surface area contributed by atoms with Crippen molar-refractivity contribution in [1.29, 1.82) is 0 Å². The van der Waals surface area contributed by atoms with Crippen LogP contribution in [0.15, 0.2) is 23.3 Å². The molecule has 6 nitrogen and oxygen atoms in total. The van der Waals surface area contributed by atoms with Crippen molar-refractivity contribution in [1.82, 2.24) is 5.01 Å². The molecule has 0 aliphatic carbocycles. The Labute approximate surface area is 136 Å². The molecule has 0 saturated heterocycles. The average molecular weight is 346 g/mol. The number of methoxy groups -OCH3 is 2. The maximum Gasteiger partial charge on any atom is 0.438 e. The Bertz CT molecular complexity index is 675. The first kappa shape index (κ1) is 18.1. The number of aliphatic hydroxyl groups is 1. The van der Waals surface area contributed by atoms with Crippen LogP contribution in [0.4, 0.5) is 13.2 Å². The van der Waals surface area contributed by atoms with Gasteiger partial charge in [-0.1, -0.05) is 6.92 Å². The van der Waals surface area contributed by atoms with Crippen LogP contribution in [-0.4, -0.2) is 47.9 Å². The van der Waals surface area contributed by atoms with Crippen LogP contribution in [0.2, 0.25) is 0 Å². The molecule has 9 heteroatoms. The second-order valence-electron chi connectivity index (χ2n) is 5.20. The first-order valence-corrected chi connectivity index (χ1v) is 7.10. The summed E-state index contributed by atoms with van der Waals surface area (Å²) in [6, 6.07) is 3.90. The summed E-state index contributed by atoms with van der Waals surface area (Å²) in [5.74, 6) is -0.587. The van der Waals surface area contributed by atoms with Crippen molar-refractivity contribution in [2.24, 2.45) is 5.10 Å². The summed E-state index contributed by atoms with van der Waals surface area (Å²) in [6.07, 6.45) is -5.63. The van der Waals surface area contributed by atoms with Gasteiger partial charge in [0.1, 0.15) is 0 Å². The number of rotatable bonds is 4. The van der Waals surface area contributed by atoms with Crippen molar-refractivity contribution in [2.75, 3.05) is 14.2 Å². The van der Waals surface area contributed by atoms with Crippen LogP contribution in [0.25, 0.3) is 0 Å². The molecule has 1 atom stereocenters. The first-order chi connectivity index (χ1) is 11.2. The van der Waals surface area contributed by atoms with Crippen LogP contribution >= 0.6 is 0 Å². The molecule has 1 aliphatic rings. The van der Waals surface area contributed by atoms with Crippen LogP contribution in [-0.2, 0) is 0 Å². The van der Waals surface area contributed by atoms with Gasteiger partial charge >= 0.3 is 6.18 Å². The lowest BCUT2D eigenvalue weighted by molar-refractivity contribution is -0.297. The van der Waals surface area contributed by atoms with Gasteiger partial charge < -0.3 is 14.6 Å². The number of hydrogen-bond donors (Lipinski definition) is 1. The second kappa shape index (κ2) is 6.31. The van der Waals surface area contributed by atoms with E-state index in [-0.39, 0.29) is 28.5 Å². The Morgan fingerprint density at radius 1 is 1.33 bits per heavy atom. The highest BCUT2D eigenvalue weighted by molar-refractivity contribution is 5.98. The minimum atomic E-state index is -5.04. The van der Waals surface area contributed by atoms with E-state index < -0.39 is 24.2 Å². The fraction of sp³-hybridized carbons (Fsp3) is 0.467. The number of hydrogen-bond acceptors (Lipinski definition) is 5. The number of carbonyl (C=O) groups excluding carboxylic acids is 1. The lowest BCUT2D eigenvalue weighted by atomic mass is 10.0. The Morgan fingerprint density at radius 2 is 1.96 bits per heavy atom. The number of benzene rings is 1. The fourth-order valence-electron chi connectivity index (χ4n) is 2.34. The zero-order valence-electron chi connectivity index (χ0n) is 13.3. The maximum atomic E-state index is 13.3. The SMILES string of the molecule is CCC1=NN(C(=O)c2ccc(OC)c(OC)c2)C(O)(C(F)(F)F)C1. The monoisotopic (exact) mass is 346 g/mol. The molecule has 0 radical (unpaired) electrons. The summed E-state index contributed by atoms with van der Waals surface area (Å²) in [7, 11) is 2.72. The molecule has 24 heavy (non-hydrogen) atoms. The van der Waals surface area contributed by atoms with Gasteiger partial charge in [-0.25, -0.2) is 0 Å². The van der Waals surface area contributed by atoms with Crippen LogP contribution < -0.4 is 9.47 Å². The van der Waals surface area contributed by atoms with Crippen molar-refractivity contribution < 1.29 is 32.5 Å². The lowest BCUT2D eigenvalue weighted by Gasteiger charge is -2.32. The highest BCUT2D eigenvalue weighted by atomic mass is 19.4. The summed E-state index contributed by atoms with van der Waals surface area (Å²) >= 11 is 0. The zero-order valence-corrected chi connectivity index (χ0v) is 13.3. The van der Waals surface area contributed by atoms with E-state index in [0.717, 1.165) is 0 Å². The fourth-order valence-corrected chi connectivity index (χ4v) is 2.34. The lowest BCUT2D eigenvalue weighted by Crippen LogP contribution is -2.56. The van der Waals surface area contributed by atoms with E-state index in [1.54, 1.807) is 6.92 Å². The molecular weight excluding hydrogens is 329 g/mol. The van der Waals surface area contributed by atoms with E-state index in [1.807, 2.05) is 0 Å². The van der Waals surface area contributed by atoms with Gasteiger partial charge in [-0.15, -0.1) is 0 Å². The minimum absolute atomic E-state index is 0.0867. The minimum Gasteiger partial charge on any atom is -0.493 e. The molecule has 2 rings (SSSR count). The Hall–Kier alpha value is -2.29. The van der Waals surface area contributed by atoms with Crippen molar-refractivity contribution in [2.45, 2.75) is 31.7 Å². The molecule has 1 aromatic rings. The molecule has 1 aliphatic heterocycles. The first-order valence-electron chi connectivity index (χ1n) is 7.10. The summed E-state index contributed by atoms with van der Waals surface area (Å²) in [6.45, 7) is 1.60. The van der Waals surface area contributed by atoms with Crippen LogP contribution in [0.1, 0.15) is 30.1 Å². The van der Waals surface area contributed by atoms with Crippen LogP contribution in [0.5, 0.6) is 11.5 Å². The number of alkyl halides is 3. The number of ether oxygens (including phenoxy) is 2. The third-order valence-corrected chi connectivity index (χ3v) is 3.73. The van der Waals surface area contributed by atoms with E-state index >= 15 is 0 Å². The maximum absolute atomic E-state index is 13.3. The zero-order chi connectivity index (χ0) is 18.1. The average Bonchev–Trinajstić information content (AvgIpc) is 2.91. The molecule has 132 valence electrons. The van der Waals surface area contributed by atoms with Crippen molar-refractivity contribution >= 4 is 11.6 Å². The van der Waals surface area contributed by atoms with Gasteiger partial charge in [0.15, 0.2) is 11.5 Å². The van der Waals surface area contributed by atoms with Gasteiger partial charge in [-0.2, -0.15) is 23.3 Å². The third kappa shape index (κ3) is 2.91. The topological polar surface area (TPSA) is 71.4 Å². The highest BCUT2D eigenvalue weighted by Gasteiger charge is 2.63. The molecule has 0 spiro atoms. The van der Waals surface area contributed by atoms with Gasteiger partial charge in [0.2, 0.25) is 0 Å². The second-order valence-corrected chi connectivity index (χ2v) is 5.20. The summed E-state index contributed by atoms with van der Waals surface area (Å²) in [5.41, 5.74) is -3.39. The predicted octanol–water partition coefficient (Wildman–Crippen LogP) is 2.57. The highest BCUT2D eigenvalue weighted by Crippen LogP contribution is 2.41. The number of amides is 1. The smallest absolute Gasteiger partial charge is 0.438 e. The van der Waals surface area contributed by atoms with Crippen molar-refractivity contribution in [3.63, 3.8) is 0 Å². The molecular formula is C15H17F3N2O4. The molecule has 1 unspecified atom stereocenters. The molecule has 0 bridgehead atoms. The standard InChI is InChI=1S/C15H17F3N2O4/c1-4-10-8-14(22,15(16,17)18)20(19-10)13(21)9-5-6-11(23-2)12(7-9)24-3/h5-7,22H,4,8H2,1-3H3. The number of halogens is 3. The van der Waals surface area contributed by atoms with E-state index in [0.29, 0.717) is 5.75 Å². The third-order valence-electron chi connectivity index (χ3n) is 3.73. The number of hydrazone groups is 1. The van der Waals surface area contributed by atoms with Crippen LogP contribution in [0, 0.1) is 0 Å². The predicted molar refractivity (Wildman–Crippen MR) is 79.1 cm³/mol. The van der Waals surface area contributed by atoms with E-state index in [4.69, 9.17) is 9.47 Å². The van der Waals surface area contributed by atoms with E-state index in [1.165, 1.54) is 32.4 Å². The largest absolute Gasteiger partial charge is 0.493 e. The van der Waals surface area contributed by atoms with Gasteiger partial charge in [-0.05, 0) is 24.6 Å². The number of nitrogens with zero attached hydrogens (tertiary/aromatic N) is 2. The summed E-state index contributed by atoms with van der Waals surface area (Å²) in [5, 5.41) is 13.8. The molecule has 1 heterocycles. The van der Waals surface area contributed by atoms with Crippen molar-refractivity contribution in [3.8, 4) is 11.5 Å². The molecule has 1 aromatic carbocycles. The Morgan fingerprint density at radius 3 is 2.46 bits per heavy atom. The van der Waals surface area contributed by atoms with E-state index in [9.17, 15) is 23.1 Å².